The second kappa shape index (κ2) is 12.4. The molecule has 10 heavy (non-hydrogen) atoms. The molecule has 0 atom stereocenters. The van der Waals surface area contributed by atoms with E-state index in [1.54, 1.807) is 0 Å². The number of nitrogens with one attached hydrogen (secondary N) is 1. The smallest absolute Gasteiger partial charge is 0 e. The van der Waals surface area contributed by atoms with Crippen molar-refractivity contribution in [2.24, 2.45) is 0 Å². The first-order chi connectivity index (χ1) is 4.41. The monoisotopic (exact) mass is 177 g/mol. The zero-order valence-corrected chi connectivity index (χ0v) is 8.80. The van der Waals surface area contributed by atoms with Gasteiger partial charge in [-0.2, -0.15) is 0 Å². The molecule has 0 aliphatic heterocycles. The number of unbranched alkanes of at least 4 members (excludes halogenated alkanes) is 2. The number of rotatable bonds is 6. The van der Waals surface area contributed by atoms with Crippen LogP contribution in [0, 0.1) is 0 Å². The minimum atomic E-state index is 0. The molecule has 0 spiro atoms. The van der Waals surface area contributed by atoms with Gasteiger partial charge in [0.05, 0.1) is 0 Å². The summed E-state index contributed by atoms with van der Waals surface area (Å²) >= 11 is 0. The summed E-state index contributed by atoms with van der Waals surface area (Å²) in [4.78, 5) is 0. The Morgan fingerprint density at radius 3 is 1.60 bits per heavy atom. The minimum Gasteiger partial charge on any atom is -0.317 e. The third-order valence-corrected chi connectivity index (χ3v) is 1.41. The predicted molar refractivity (Wildman–Crippen MR) is 42.7 cm³/mol. The Labute approximate surface area is 79.8 Å². The van der Waals surface area contributed by atoms with Crippen molar-refractivity contribution >= 4 is 0 Å². The van der Waals surface area contributed by atoms with Gasteiger partial charge in [-0.05, 0) is 25.9 Å². The average Bonchev–Trinajstić information content (AvgIpc) is 1.89. The summed E-state index contributed by atoms with van der Waals surface area (Å²) in [5, 5.41) is 3.39. The van der Waals surface area contributed by atoms with Crippen LogP contribution in [0.5, 0.6) is 0 Å². The molecule has 0 radical (unpaired) electrons. The standard InChI is InChI=1S/C8H19N.Ti/c1-3-5-7-9-8-6-4-2;/h9H,3-8H2,1-2H3;. The second-order valence-corrected chi connectivity index (χ2v) is 2.46. The summed E-state index contributed by atoms with van der Waals surface area (Å²) < 4.78 is 0. The Bertz CT molecular complexity index is 42.5. The Hall–Kier alpha value is 0.674. The minimum absolute atomic E-state index is 0. The van der Waals surface area contributed by atoms with E-state index in [0.29, 0.717) is 0 Å². The summed E-state index contributed by atoms with van der Waals surface area (Å²) in [6.07, 6.45) is 5.26. The topological polar surface area (TPSA) is 12.0 Å². The van der Waals surface area contributed by atoms with Crippen LogP contribution in [0.2, 0.25) is 0 Å². The maximum Gasteiger partial charge on any atom is 0 e. The zero-order chi connectivity index (χ0) is 6.95. The van der Waals surface area contributed by atoms with Gasteiger partial charge in [-0.15, -0.1) is 0 Å². The van der Waals surface area contributed by atoms with Gasteiger partial charge in [0.15, 0.2) is 0 Å². The molecule has 2 heteroatoms. The van der Waals surface area contributed by atoms with E-state index in [1.807, 2.05) is 0 Å². The molecule has 0 unspecified atom stereocenters. The van der Waals surface area contributed by atoms with E-state index in [4.69, 9.17) is 0 Å². The van der Waals surface area contributed by atoms with Crippen LogP contribution >= 0.6 is 0 Å². The van der Waals surface area contributed by atoms with Crippen LogP contribution in [-0.4, -0.2) is 13.1 Å². The van der Waals surface area contributed by atoms with Crippen molar-refractivity contribution < 1.29 is 21.7 Å². The maximum atomic E-state index is 3.39. The molecule has 0 aliphatic carbocycles. The van der Waals surface area contributed by atoms with Crippen LogP contribution in [0.1, 0.15) is 39.5 Å². The summed E-state index contributed by atoms with van der Waals surface area (Å²) in [7, 11) is 0. The third kappa shape index (κ3) is 11.5. The van der Waals surface area contributed by atoms with Crippen LogP contribution in [0.4, 0.5) is 0 Å². The van der Waals surface area contributed by atoms with Crippen LogP contribution < -0.4 is 5.32 Å². The largest absolute Gasteiger partial charge is 0.317 e. The van der Waals surface area contributed by atoms with Gasteiger partial charge in [-0.3, -0.25) is 0 Å². The summed E-state index contributed by atoms with van der Waals surface area (Å²) in [5.74, 6) is 0. The molecule has 0 aromatic carbocycles. The van der Waals surface area contributed by atoms with E-state index in [9.17, 15) is 0 Å². The van der Waals surface area contributed by atoms with E-state index >= 15 is 0 Å². The molecular formula is C8H19NTi. The molecule has 0 amide bonds. The van der Waals surface area contributed by atoms with Gasteiger partial charge in [-0.1, -0.05) is 26.7 Å². The predicted octanol–water partition coefficient (Wildman–Crippen LogP) is 2.17. The third-order valence-electron chi connectivity index (χ3n) is 1.41. The molecule has 60 valence electrons. The molecule has 0 saturated carbocycles. The molecule has 1 N–H and O–H groups in total. The summed E-state index contributed by atoms with van der Waals surface area (Å²) in [6, 6.07) is 0. The zero-order valence-electron chi connectivity index (χ0n) is 7.24. The molecular weight excluding hydrogens is 158 g/mol. The van der Waals surface area contributed by atoms with Crippen LogP contribution in [0.3, 0.4) is 0 Å². The normalized spacial score (nSPS) is 9.00. The van der Waals surface area contributed by atoms with Gasteiger partial charge in [0.25, 0.3) is 0 Å². The van der Waals surface area contributed by atoms with Gasteiger partial charge in [0, 0.05) is 21.7 Å². The van der Waals surface area contributed by atoms with Gasteiger partial charge < -0.3 is 5.32 Å². The van der Waals surface area contributed by atoms with Gasteiger partial charge >= 0.3 is 0 Å². The van der Waals surface area contributed by atoms with Crippen molar-refractivity contribution in [3.63, 3.8) is 0 Å². The molecule has 1 nitrogen and oxygen atoms in total. The molecule has 0 aromatic heterocycles. The molecule has 0 rings (SSSR count). The van der Waals surface area contributed by atoms with Crippen molar-refractivity contribution in [3.05, 3.63) is 0 Å². The first-order valence-corrected chi connectivity index (χ1v) is 4.12. The van der Waals surface area contributed by atoms with Crippen LogP contribution in [0.15, 0.2) is 0 Å². The molecule has 0 fully saturated rings. The van der Waals surface area contributed by atoms with Gasteiger partial charge in [0.1, 0.15) is 0 Å². The van der Waals surface area contributed by atoms with Crippen molar-refractivity contribution in [1.29, 1.82) is 0 Å². The van der Waals surface area contributed by atoms with Gasteiger partial charge in [-0.25, -0.2) is 0 Å². The molecule has 0 aromatic rings. The van der Waals surface area contributed by atoms with Crippen molar-refractivity contribution in [3.8, 4) is 0 Å². The van der Waals surface area contributed by atoms with Crippen molar-refractivity contribution in [2.75, 3.05) is 13.1 Å². The van der Waals surface area contributed by atoms with Crippen molar-refractivity contribution in [1.82, 2.24) is 5.32 Å². The first kappa shape index (κ1) is 13.3. The van der Waals surface area contributed by atoms with E-state index < -0.39 is 0 Å². The first-order valence-electron chi connectivity index (χ1n) is 4.12. The fourth-order valence-corrected chi connectivity index (χ4v) is 0.729. The fraction of sp³-hybridized carbons (Fsp3) is 1.00. The number of hydrogen-bond donors (Lipinski definition) is 1. The van der Waals surface area contributed by atoms with E-state index in [-0.39, 0.29) is 21.7 Å². The molecule has 0 saturated heterocycles. The van der Waals surface area contributed by atoms with Crippen LogP contribution in [-0.2, 0) is 21.7 Å². The summed E-state index contributed by atoms with van der Waals surface area (Å²) in [6.45, 7) is 6.86. The SMILES string of the molecule is CCCCNCCCC.[Ti]. The fourth-order valence-electron chi connectivity index (χ4n) is 0.729. The van der Waals surface area contributed by atoms with E-state index in [2.05, 4.69) is 19.2 Å². The van der Waals surface area contributed by atoms with Gasteiger partial charge in [0.2, 0.25) is 0 Å². The second-order valence-electron chi connectivity index (χ2n) is 2.46. The van der Waals surface area contributed by atoms with E-state index in [1.165, 1.54) is 38.8 Å². The molecule has 0 heterocycles. The van der Waals surface area contributed by atoms with Crippen molar-refractivity contribution in [2.45, 2.75) is 39.5 Å². The van der Waals surface area contributed by atoms with Crippen LogP contribution in [0.25, 0.3) is 0 Å². The number of hydrogen-bond acceptors (Lipinski definition) is 1. The van der Waals surface area contributed by atoms with E-state index in [0.717, 1.165) is 0 Å². The Morgan fingerprint density at radius 1 is 0.900 bits per heavy atom. The quantitative estimate of drug-likeness (QED) is 0.484. The molecule has 0 bridgehead atoms. The Morgan fingerprint density at radius 2 is 1.30 bits per heavy atom. The average molecular weight is 177 g/mol. The summed E-state index contributed by atoms with van der Waals surface area (Å²) in [5.41, 5.74) is 0. The molecule has 0 aliphatic rings. The Balaban J connectivity index is 0. The Kier molecular flexibility index (Phi) is 16.4. The maximum absolute atomic E-state index is 3.39.